The molecule has 3 rings (SSSR count). The third-order valence-corrected chi connectivity index (χ3v) is 4.65. The number of carbonyl (C=O) groups is 1. The van der Waals surface area contributed by atoms with Crippen LogP contribution in [0.1, 0.15) is 28.4 Å². The van der Waals surface area contributed by atoms with Gasteiger partial charge in [0.15, 0.2) is 5.78 Å². The van der Waals surface area contributed by atoms with Gasteiger partial charge in [0.1, 0.15) is 5.75 Å². The van der Waals surface area contributed by atoms with E-state index in [0.717, 1.165) is 22.3 Å². The summed E-state index contributed by atoms with van der Waals surface area (Å²) in [4.78, 5) is 12.4. The van der Waals surface area contributed by atoms with E-state index in [9.17, 15) is 4.79 Å². The molecule has 5 nitrogen and oxygen atoms in total. The van der Waals surface area contributed by atoms with Gasteiger partial charge in [-0.1, -0.05) is 47.7 Å². The van der Waals surface area contributed by atoms with Crippen molar-refractivity contribution < 1.29 is 13.9 Å². The summed E-state index contributed by atoms with van der Waals surface area (Å²) in [6.45, 7) is 6.43. The number of benzene rings is 2. The average molecular weight is 368 g/mol. The molecular formula is C20H20N2O3S. The minimum atomic E-state index is 0.0435. The monoisotopic (exact) mass is 368 g/mol. The van der Waals surface area contributed by atoms with E-state index in [-0.39, 0.29) is 11.5 Å². The van der Waals surface area contributed by atoms with E-state index in [1.165, 1.54) is 11.8 Å². The topological polar surface area (TPSA) is 65.2 Å². The third kappa shape index (κ3) is 4.14. The number of para-hydroxylation sites is 1. The van der Waals surface area contributed by atoms with Gasteiger partial charge in [-0.25, -0.2) is 0 Å². The second-order valence-corrected chi connectivity index (χ2v) is 6.76. The Hall–Kier alpha value is -2.60. The summed E-state index contributed by atoms with van der Waals surface area (Å²) < 4.78 is 11.3. The van der Waals surface area contributed by atoms with Crippen LogP contribution >= 0.6 is 11.8 Å². The van der Waals surface area contributed by atoms with Crippen LogP contribution in [0.3, 0.4) is 0 Å². The molecule has 0 bridgehead atoms. The van der Waals surface area contributed by atoms with E-state index in [1.54, 1.807) is 0 Å². The summed E-state index contributed by atoms with van der Waals surface area (Å²) in [6, 6.07) is 13.3. The van der Waals surface area contributed by atoms with Crippen molar-refractivity contribution in [3.63, 3.8) is 0 Å². The zero-order valence-corrected chi connectivity index (χ0v) is 15.8. The molecule has 0 aliphatic carbocycles. The van der Waals surface area contributed by atoms with Gasteiger partial charge >= 0.3 is 0 Å². The summed E-state index contributed by atoms with van der Waals surface area (Å²) in [6.07, 6.45) is 0. The van der Waals surface area contributed by atoms with Gasteiger partial charge in [-0.15, -0.1) is 10.2 Å². The summed E-state index contributed by atoms with van der Waals surface area (Å²) in [7, 11) is 0. The highest BCUT2D eigenvalue weighted by atomic mass is 32.2. The molecule has 0 amide bonds. The van der Waals surface area contributed by atoms with Crippen molar-refractivity contribution in [3.8, 4) is 17.2 Å². The number of aromatic nitrogens is 2. The zero-order chi connectivity index (χ0) is 18.5. The van der Waals surface area contributed by atoms with Gasteiger partial charge in [0, 0.05) is 5.56 Å². The molecule has 0 saturated carbocycles. The lowest BCUT2D eigenvalue weighted by atomic mass is 10.0. The smallest absolute Gasteiger partial charge is 0.277 e. The fourth-order valence-corrected chi connectivity index (χ4v) is 3.28. The van der Waals surface area contributed by atoms with Crippen molar-refractivity contribution in [2.75, 3.05) is 12.4 Å². The molecule has 0 spiro atoms. The number of ketones is 1. The van der Waals surface area contributed by atoms with E-state index >= 15 is 0 Å². The lowest BCUT2D eigenvalue weighted by Crippen LogP contribution is -2.04. The van der Waals surface area contributed by atoms with Gasteiger partial charge in [0.05, 0.1) is 17.9 Å². The Kier molecular flexibility index (Phi) is 5.73. The average Bonchev–Trinajstić information content (AvgIpc) is 3.09. The molecule has 0 fully saturated rings. The van der Waals surface area contributed by atoms with Crippen LogP contribution in [0.4, 0.5) is 0 Å². The first-order valence-corrected chi connectivity index (χ1v) is 9.36. The molecule has 0 N–H and O–H groups in total. The largest absolute Gasteiger partial charge is 0.493 e. The third-order valence-electron chi connectivity index (χ3n) is 3.83. The molecule has 1 heterocycles. The van der Waals surface area contributed by atoms with Gasteiger partial charge in [-0.2, -0.15) is 0 Å². The highest BCUT2D eigenvalue weighted by Gasteiger charge is 2.16. The maximum absolute atomic E-state index is 12.4. The first kappa shape index (κ1) is 18.2. The van der Waals surface area contributed by atoms with Crippen molar-refractivity contribution in [2.45, 2.75) is 26.0 Å². The Morgan fingerprint density at radius 1 is 1.15 bits per heavy atom. The SMILES string of the molecule is CCOc1ccccc1-c1nnc(SCC(=O)c2ccc(C)cc2C)o1. The van der Waals surface area contributed by atoms with E-state index < -0.39 is 0 Å². The van der Waals surface area contributed by atoms with Crippen molar-refractivity contribution in [1.82, 2.24) is 10.2 Å². The second kappa shape index (κ2) is 8.19. The van der Waals surface area contributed by atoms with Crippen LogP contribution < -0.4 is 4.74 Å². The fourth-order valence-electron chi connectivity index (χ4n) is 2.63. The fraction of sp³-hybridized carbons (Fsp3) is 0.250. The highest BCUT2D eigenvalue weighted by molar-refractivity contribution is 7.99. The standard InChI is InChI=1S/C20H20N2O3S/c1-4-24-18-8-6-5-7-16(18)19-21-22-20(25-19)26-12-17(23)15-10-9-13(2)11-14(15)3/h5-11H,4,12H2,1-3H3. The Balaban J connectivity index is 1.70. The van der Waals surface area contributed by atoms with Crippen LogP contribution in [-0.2, 0) is 0 Å². The van der Waals surface area contributed by atoms with Gasteiger partial charge in [0.25, 0.3) is 11.1 Å². The molecule has 134 valence electrons. The predicted molar refractivity (Wildman–Crippen MR) is 102 cm³/mol. The number of aryl methyl sites for hydroxylation is 2. The summed E-state index contributed by atoms with van der Waals surface area (Å²) in [5, 5.41) is 8.48. The minimum Gasteiger partial charge on any atom is -0.493 e. The van der Waals surface area contributed by atoms with Crippen LogP contribution in [0.15, 0.2) is 52.1 Å². The molecule has 26 heavy (non-hydrogen) atoms. The Bertz CT molecular complexity index is 921. The molecule has 3 aromatic rings. The number of ether oxygens (including phenoxy) is 1. The molecular weight excluding hydrogens is 348 g/mol. The summed E-state index contributed by atoms with van der Waals surface area (Å²) >= 11 is 1.24. The number of nitrogens with zero attached hydrogens (tertiary/aromatic N) is 2. The van der Waals surface area contributed by atoms with Crippen molar-refractivity contribution >= 4 is 17.5 Å². The molecule has 0 atom stereocenters. The molecule has 0 radical (unpaired) electrons. The van der Waals surface area contributed by atoms with E-state index in [2.05, 4.69) is 10.2 Å². The molecule has 6 heteroatoms. The van der Waals surface area contributed by atoms with Gasteiger partial charge in [-0.05, 0) is 38.5 Å². The number of Topliss-reactive ketones (excluding diaryl/α,β-unsaturated/α-hetero) is 1. The second-order valence-electron chi connectivity index (χ2n) is 5.83. The zero-order valence-electron chi connectivity index (χ0n) is 15.0. The van der Waals surface area contributed by atoms with E-state index in [1.807, 2.05) is 63.2 Å². The Morgan fingerprint density at radius 2 is 1.96 bits per heavy atom. The summed E-state index contributed by atoms with van der Waals surface area (Å²) in [5.74, 6) is 1.37. The van der Waals surface area contributed by atoms with E-state index in [4.69, 9.17) is 9.15 Å². The first-order valence-electron chi connectivity index (χ1n) is 8.37. The van der Waals surface area contributed by atoms with Crippen molar-refractivity contribution in [3.05, 3.63) is 59.2 Å². The number of carbonyl (C=O) groups excluding carboxylic acids is 1. The van der Waals surface area contributed by atoms with Gasteiger partial charge < -0.3 is 9.15 Å². The van der Waals surface area contributed by atoms with Crippen molar-refractivity contribution in [2.24, 2.45) is 0 Å². The highest BCUT2D eigenvalue weighted by Crippen LogP contribution is 2.30. The maximum Gasteiger partial charge on any atom is 0.277 e. The number of thioether (sulfide) groups is 1. The molecule has 0 unspecified atom stereocenters. The van der Waals surface area contributed by atoms with Crippen LogP contribution in [0.25, 0.3) is 11.5 Å². The van der Waals surface area contributed by atoms with Crippen LogP contribution in [-0.4, -0.2) is 28.3 Å². The Labute approximate surface area is 156 Å². The van der Waals surface area contributed by atoms with E-state index in [0.29, 0.717) is 23.5 Å². The lowest BCUT2D eigenvalue weighted by Gasteiger charge is -2.06. The van der Waals surface area contributed by atoms with Crippen molar-refractivity contribution in [1.29, 1.82) is 0 Å². The van der Waals surface area contributed by atoms with Crippen LogP contribution in [0, 0.1) is 13.8 Å². The number of hydrogen-bond donors (Lipinski definition) is 0. The maximum atomic E-state index is 12.4. The molecule has 0 aliphatic rings. The number of hydrogen-bond acceptors (Lipinski definition) is 6. The van der Waals surface area contributed by atoms with Gasteiger partial charge in [-0.3, -0.25) is 4.79 Å². The minimum absolute atomic E-state index is 0.0435. The molecule has 0 aliphatic heterocycles. The summed E-state index contributed by atoms with van der Waals surface area (Å²) in [5.41, 5.74) is 3.59. The lowest BCUT2D eigenvalue weighted by molar-refractivity contribution is 0.102. The first-order chi connectivity index (χ1) is 12.6. The van der Waals surface area contributed by atoms with Crippen LogP contribution in [0.2, 0.25) is 0 Å². The van der Waals surface area contributed by atoms with Gasteiger partial charge in [0.2, 0.25) is 0 Å². The Morgan fingerprint density at radius 3 is 2.73 bits per heavy atom. The molecule has 2 aromatic carbocycles. The quantitative estimate of drug-likeness (QED) is 0.444. The number of rotatable bonds is 7. The molecule has 1 aromatic heterocycles. The van der Waals surface area contributed by atoms with Crippen LogP contribution in [0.5, 0.6) is 5.75 Å². The normalized spacial score (nSPS) is 10.7. The molecule has 0 saturated heterocycles. The predicted octanol–water partition coefficient (Wildman–Crippen LogP) is 4.73.